The first-order chi connectivity index (χ1) is 9.06. The molecule has 2 unspecified atom stereocenters. The summed E-state index contributed by atoms with van der Waals surface area (Å²) in [4.78, 5) is 14.3. The van der Waals surface area contributed by atoms with Crippen molar-refractivity contribution in [1.29, 1.82) is 0 Å². The van der Waals surface area contributed by atoms with Gasteiger partial charge in [-0.3, -0.25) is 4.79 Å². The lowest BCUT2D eigenvalue weighted by Crippen LogP contribution is -2.50. The van der Waals surface area contributed by atoms with E-state index in [0.29, 0.717) is 0 Å². The van der Waals surface area contributed by atoms with Crippen LogP contribution in [0.4, 0.5) is 4.39 Å². The zero-order chi connectivity index (χ0) is 13.6. The van der Waals surface area contributed by atoms with E-state index in [4.69, 9.17) is 5.73 Å². The Labute approximate surface area is 111 Å². The molecule has 0 aromatic heterocycles. The molecule has 102 valence electrons. The Hall–Kier alpha value is -1.62. The number of phenols is 1. The van der Waals surface area contributed by atoms with E-state index in [9.17, 15) is 14.3 Å². The summed E-state index contributed by atoms with van der Waals surface area (Å²) < 4.78 is 13.0. The van der Waals surface area contributed by atoms with E-state index >= 15 is 0 Å². The van der Waals surface area contributed by atoms with E-state index < -0.39 is 5.82 Å². The number of carbonyl (C=O) groups is 1. The van der Waals surface area contributed by atoms with Gasteiger partial charge >= 0.3 is 0 Å². The smallest absolute Gasteiger partial charge is 0.258 e. The predicted molar refractivity (Wildman–Crippen MR) is 68.3 cm³/mol. The molecule has 2 bridgehead atoms. The van der Waals surface area contributed by atoms with E-state index in [1.54, 1.807) is 0 Å². The average Bonchev–Trinajstić information content (AvgIpc) is 2.61. The molecule has 4 nitrogen and oxygen atoms in total. The number of nitrogens with zero attached hydrogens (tertiary/aromatic N) is 1. The van der Waals surface area contributed by atoms with Gasteiger partial charge in [0.1, 0.15) is 11.6 Å². The van der Waals surface area contributed by atoms with Crippen molar-refractivity contribution in [2.24, 2.45) is 5.73 Å². The van der Waals surface area contributed by atoms with Gasteiger partial charge in [0.25, 0.3) is 5.91 Å². The van der Waals surface area contributed by atoms with Gasteiger partial charge in [-0.25, -0.2) is 4.39 Å². The van der Waals surface area contributed by atoms with Crippen LogP contribution in [0.3, 0.4) is 0 Å². The van der Waals surface area contributed by atoms with Gasteiger partial charge in [-0.15, -0.1) is 0 Å². The molecule has 5 heteroatoms. The molecule has 2 fully saturated rings. The van der Waals surface area contributed by atoms with Crippen LogP contribution in [0.15, 0.2) is 18.2 Å². The fourth-order valence-corrected chi connectivity index (χ4v) is 3.38. The first kappa shape index (κ1) is 12.4. The number of halogens is 1. The highest BCUT2D eigenvalue weighted by molar-refractivity contribution is 5.97. The summed E-state index contributed by atoms with van der Waals surface area (Å²) in [7, 11) is 0. The van der Waals surface area contributed by atoms with E-state index in [2.05, 4.69) is 0 Å². The summed E-state index contributed by atoms with van der Waals surface area (Å²) in [5.41, 5.74) is 6.14. The number of aromatic hydroxyl groups is 1. The molecule has 2 aliphatic rings. The van der Waals surface area contributed by atoms with Crippen LogP contribution in [-0.4, -0.2) is 34.0 Å². The van der Waals surface area contributed by atoms with Gasteiger partial charge in [0.05, 0.1) is 5.56 Å². The molecular weight excluding hydrogens is 247 g/mol. The maximum Gasteiger partial charge on any atom is 0.258 e. The molecule has 2 heterocycles. The molecule has 1 aromatic rings. The topological polar surface area (TPSA) is 66.6 Å². The Morgan fingerprint density at radius 1 is 1.32 bits per heavy atom. The Bertz CT molecular complexity index is 506. The minimum atomic E-state index is -0.544. The zero-order valence-corrected chi connectivity index (χ0v) is 10.6. The van der Waals surface area contributed by atoms with Crippen LogP contribution in [0.1, 0.15) is 36.0 Å². The fourth-order valence-electron chi connectivity index (χ4n) is 3.38. The number of hydrogen-bond donors (Lipinski definition) is 2. The molecule has 2 aliphatic heterocycles. The quantitative estimate of drug-likeness (QED) is 0.810. The number of hydrogen-bond acceptors (Lipinski definition) is 3. The van der Waals surface area contributed by atoms with Crippen molar-refractivity contribution in [3.63, 3.8) is 0 Å². The monoisotopic (exact) mass is 264 g/mol. The van der Waals surface area contributed by atoms with E-state index in [1.165, 1.54) is 12.1 Å². The molecule has 1 amide bonds. The minimum absolute atomic E-state index is 0.156. The zero-order valence-electron chi connectivity index (χ0n) is 10.6. The SMILES string of the molecule is NC1CC2CCC(C1)N2C(=O)c1ccc(F)cc1O. The second kappa shape index (κ2) is 4.49. The summed E-state index contributed by atoms with van der Waals surface area (Å²) in [6, 6.07) is 4.00. The first-order valence-electron chi connectivity index (χ1n) is 6.63. The third-order valence-corrected chi connectivity index (χ3v) is 4.19. The van der Waals surface area contributed by atoms with E-state index in [-0.39, 0.29) is 35.3 Å². The molecular formula is C14H17FN2O2. The molecule has 2 saturated heterocycles. The summed E-state index contributed by atoms with van der Waals surface area (Å²) in [6.07, 6.45) is 3.55. The third-order valence-electron chi connectivity index (χ3n) is 4.19. The largest absolute Gasteiger partial charge is 0.507 e. The molecule has 0 spiro atoms. The normalized spacial score (nSPS) is 29.6. The van der Waals surface area contributed by atoms with Gasteiger partial charge in [-0.05, 0) is 37.8 Å². The molecule has 3 rings (SSSR count). The minimum Gasteiger partial charge on any atom is -0.507 e. The van der Waals surface area contributed by atoms with E-state index in [0.717, 1.165) is 31.7 Å². The Morgan fingerprint density at radius 3 is 2.53 bits per heavy atom. The number of carbonyl (C=O) groups excluding carboxylic acids is 1. The second-order valence-electron chi connectivity index (χ2n) is 5.49. The van der Waals surface area contributed by atoms with Crippen LogP contribution in [0.2, 0.25) is 0 Å². The summed E-state index contributed by atoms with van der Waals surface area (Å²) in [5, 5.41) is 9.73. The van der Waals surface area contributed by atoms with Crippen molar-refractivity contribution in [2.45, 2.75) is 43.8 Å². The van der Waals surface area contributed by atoms with Crippen LogP contribution in [0.5, 0.6) is 5.75 Å². The number of fused-ring (bicyclic) bond motifs is 2. The highest BCUT2D eigenvalue weighted by Gasteiger charge is 2.42. The average molecular weight is 264 g/mol. The standard InChI is InChI=1S/C14H17FN2O2/c15-8-1-4-12(13(18)5-8)14(19)17-10-2-3-11(17)7-9(16)6-10/h1,4-5,9-11,18H,2-3,6-7,16H2. The molecule has 0 radical (unpaired) electrons. The molecule has 2 atom stereocenters. The summed E-state index contributed by atoms with van der Waals surface area (Å²) in [6.45, 7) is 0. The van der Waals surface area contributed by atoms with Crippen molar-refractivity contribution in [1.82, 2.24) is 4.90 Å². The van der Waals surface area contributed by atoms with Crippen LogP contribution in [0, 0.1) is 5.82 Å². The highest BCUT2D eigenvalue weighted by atomic mass is 19.1. The Morgan fingerprint density at radius 2 is 1.95 bits per heavy atom. The lowest BCUT2D eigenvalue weighted by Gasteiger charge is -2.37. The lowest BCUT2D eigenvalue weighted by atomic mass is 9.97. The van der Waals surface area contributed by atoms with Gasteiger partial charge in [-0.2, -0.15) is 0 Å². The number of rotatable bonds is 1. The number of amides is 1. The van der Waals surface area contributed by atoms with Gasteiger partial charge in [-0.1, -0.05) is 0 Å². The number of nitrogens with two attached hydrogens (primary N) is 1. The predicted octanol–water partition coefficient (Wildman–Crippen LogP) is 1.63. The Balaban J connectivity index is 1.88. The van der Waals surface area contributed by atoms with Gasteiger partial charge in [0.2, 0.25) is 0 Å². The Kier molecular flexibility index (Phi) is 2.93. The van der Waals surface area contributed by atoms with Crippen LogP contribution in [-0.2, 0) is 0 Å². The molecule has 0 saturated carbocycles. The van der Waals surface area contributed by atoms with Crippen LogP contribution < -0.4 is 5.73 Å². The molecule has 1 aromatic carbocycles. The number of phenolic OH excluding ortho intramolecular Hbond substituents is 1. The fraction of sp³-hybridized carbons (Fsp3) is 0.500. The van der Waals surface area contributed by atoms with Crippen molar-refractivity contribution >= 4 is 5.91 Å². The van der Waals surface area contributed by atoms with Crippen LogP contribution in [0.25, 0.3) is 0 Å². The van der Waals surface area contributed by atoms with Gasteiger partial charge < -0.3 is 15.7 Å². The van der Waals surface area contributed by atoms with Crippen molar-refractivity contribution in [3.05, 3.63) is 29.6 Å². The van der Waals surface area contributed by atoms with Gasteiger partial charge in [0.15, 0.2) is 0 Å². The first-order valence-corrected chi connectivity index (χ1v) is 6.63. The molecule has 3 N–H and O–H groups in total. The van der Waals surface area contributed by atoms with Crippen molar-refractivity contribution in [2.75, 3.05) is 0 Å². The van der Waals surface area contributed by atoms with Crippen molar-refractivity contribution < 1.29 is 14.3 Å². The summed E-state index contributed by atoms with van der Waals surface area (Å²) >= 11 is 0. The van der Waals surface area contributed by atoms with Crippen molar-refractivity contribution in [3.8, 4) is 5.75 Å². The van der Waals surface area contributed by atoms with E-state index in [1.807, 2.05) is 4.90 Å². The highest BCUT2D eigenvalue weighted by Crippen LogP contribution is 2.37. The molecule has 19 heavy (non-hydrogen) atoms. The lowest BCUT2D eigenvalue weighted by molar-refractivity contribution is 0.0572. The third kappa shape index (κ3) is 2.08. The maximum atomic E-state index is 13.0. The molecule has 0 aliphatic carbocycles. The van der Waals surface area contributed by atoms with Crippen LogP contribution >= 0.6 is 0 Å². The van der Waals surface area contributed by atoms with Gasteiger partial charge in [0, 0.05) is 24.2 Å². The number of benzene rings is 1. The maximum absolute atomic E-state index is 13.0. The summed E-state index contributed by atoms with van der Waals surface area (Å²) in [5.74, 6) is -1.05. The second-order valence-corrected chi connectivity index (χ2v) is 5.49. The number of piperidine rings is 1.